The highest BCUT2D eigenvalue weighted by molar-refractivity contribution is 6.12. The van der Waals surface area contributed by atoms with Crippen LogP contribution in [0.3, 0.4) is 0 Å². The minimum atomic E-state index is 0.0330. The number of allylic oxidation sites excluding steroid dienone is 2. The number of rotatable bonds is 7. The van der Waals surface area contributed by atoms with E-state index in [0.29, 0.717) is 0 Å². The Hall–Kier alpha value is -7.94. The lowest BCUT2D eigenvalue weighted by atomic mass is 9.89. The molecule has 0 saturated carbocycles. The molecule has 0 fully saturated rings. The number of para-hydroxylation sites is 1. The van der Waals surface area contributed by atoms with Crippen LogP contribution in [-0.4, -0.2) is 6.04 Å². The maximum absolute atomic E-state index is 6.47. The van der Waals surface area contributed by atoms with Crippen molar-refractivity contribution < 1.29 is 4.42 Å². The van der Waals surface area contributed by atoms with E-state index in [9.17, 15) is 0 Å². The lowest BCUT2D eigenvalue weighted by Crippen LogP contribution is -2.31. The van der Waals surface area contributed by atoms with E-state index in [1.54, 1.807) is 0 Å². The van der Waals surface area contributed by atoms with Crippen molar-refractivity contribution in [3.8, 4) is 33.4 Å². The molecule has 0 bridgehead atoms. The number of hydrogen-bond acceptors (Lipinski definition) is 2. The maximum atomic E-state index is 6.47. The largest absolute Gasteiger partial charge is 0.456 e. The van der Waals surface area contributed by atoms with Gasteiger partial charge in [0.1, 0.15) is 11.2 Å². The zero-order chi connectivity index (χ0) is 41.0. The minimum absolute atomic E-state index is 0.0330. The first-order valence-electron chi connectivity index (χ1n) is 21.5. The van der Waals surface area contributed by atoms with Crippen molar-refractivity contribution in [1.29, 1.82) is 0 Å². The first-order valence-corrected chi connectivity index (χ1v) is 21.5. The summed E-state index contributed by atoms with van der Waals surface area (Å²) in [7, 11) is 0. The van der Waals surface area contributed by atoms with Crippen molar-refractivity contribution in [2.75, 3.05) is 4.90 Å². The van der Waals surface area contributed by atoms with Crippen LogP contribution >= 0.6 is 0 Å². The van der Waals surface area contributed by atoms with Gasteiger partial charge in [0.2, 0.25) is 0 Å². The topological polar surface area (TPSA) is 16.4 Å². The Morgan fingerprint density at radius 2 is 1.03 bits per heavy atom. The molecule has 62 heavy (non-hydrogen) atoms. The quantitative estimate of drug-likeness (QED) is 0.150. The van der Waals surface area contributed by atoms with Crippen molar-refractivity contribution in [2.24, 2.45) is 0 Å². The lowest BCUT2D eigenvalue weighted by molar-refractivity contribution is 0.669. The maximum Gasteiger partial charge on any atom is 0.136 e. The van der Waals surface area contributed by atoms with E-state index in [2.05, 4.69) is 235 Å². The van der Waals surface area contributed by atoms with Gasteiger partial charge in [-0.3, -0.25) is 0 Å². The van der Waals surface area contributed by atoms with Crippen molar-refractivity contribution in [3.63, 3.8) is 0 Å². The molecular weight excluding hydrogens is 751 g/mol. The van der Waals surface area contributed by atoms with Gasteiger partial charge in [-0.25, -0.2) is 0 Å². The second-order valence-corrected chi connectivity index (χ2v) is 16.4. The zero-order valence-corrected chi connectivity index (χ0v) is 34.1. The summed E-state index contributed by atoms with van der Waals surface area (Å²) in [6, 6.07) is 77.1. The summed E-state index contributed by atoms with van der Waals surface area (Å²) < 4.78 is 6.47. The molecule has 11 aromatic rings. The smallest absolute Gasteiger partial charge is 0.136 e. The first kappa shape index (κ1) is 36.0. The Labute approximate surface area is 360 Å². The van der Waals surface area contributed by atoms with Crippen LogP contribution in [0, 0.1) is 0 Å². The average Bonchev–Trinajstić information content (AvgIpc) is 3.70. The molecule has 292 valence electrons. The summed E-state index contributed by atoms with van der Waals surface area (Å²) in [4.78, 5) is 2.58. The van der Waals surface area contributed by atoms with Gasteiger partial charge >= 0.3 is 0 Å². The van der Waals surface area contributed by atoms with Crippen molar-refractivity contribution in [3.05, 3.63) is 236 Å². The van der Waals surface area contributed by atoms with E-state index in [1.807, 2.05) is 0 Å². The van der Waals surface area contributed by atoms with E-state index in [-0.39, 0.29) is 6.04 Å². The van der Waals surface area contributed by atoms with Gasteiger partial charge in [0, 0.05) is 33.3 Å². The molecule has 1 unspecified atom stereocenters. The summed E-state index contributed by atoms with van der Waals surface area (Å²) in [6.45, 7) is 0. The van der Waals surface area contributed by atoms with Crippen molar-refractivity contribution >= 4 is 71.2 Å². The van der Waals surface area contributed by atoms with Gasteiger partial charge in [0.15, 0.2) is 0 Å². The molecule has 1 aliphatic carbocycles. The molecule has 0 saturated heterocycles. The third-order valence-electron chi connectivity index (χ3n) is 12.8. The van der Waals surface area contributed by atoms with Crippen LogP contribution in [-0.2, 0) is 0 Å². The molecule has 0 radical (unpaired) electrons. The number of hydrogen-bond donors (Lipinski definition) is 0. The predicted molar refractivity (Wildman–Crippen MR) is 263 cm³/mol. The molecular formula is C60H41NO. The summed E-state index contributed by atoms with van der Waals surface area (Å²) in [5.41, 5.74) is 13.7. The second kappa shape index (κ2) is 15.0. The molecule has 0 amide bonds. The molecule has 0 N–H and O–H groups in total. The van der Waals surface area contributed by atoms with E-state index in [1.165, 1.54) is 71.3 Å². The second-order valence-electron chi connectivity index (χ2n) is 16.4. The Kier molecular flexibility index (Phi) is 8.67. The Balaban J connectivity index is 1.03. The van der Waals surface area contributed by atoms with E-state index in [4.69, 9.17) is 4.42 Å². The molecule has 1 aromatic heterocycles. The molecule has 0 aliphatic heterocycles. The van der Waals surface area contributed by atoms with Gasteiger partial charge in [-0.05, 0) is 115 Å². The SMILES string of the molecule is C1=CC(N(c2ccccc2-c2ccc3oc4cc5ccccc5cc4c3c2)c2ccc(-c3ccccc3)cc2-c2ccccc2)CC=C1c1cccc2c1ccc1ccccc12. The molecule has 0 spiro atoms. The lowest BCUT2D eigenvalue weighted by Gasteiger charge is -2.36. The fraction of sp³-hybridized carbons (Fsp3) is 0.0333. The molecule has 1 atom stereocenters. The number of fused-ring (bicyclic) bond motifs is 7. The molecule has 2 nitrogen and oxygen atoms in total. The van der Waals surface area contributed by atoms with Gasteiger partial charge < -0.3 is 9.32 Å². The highest BCUT2D eigenvalue weighted by atomic mass is 16.3. The molecule has 1 aliphatic rings. The summed E-state index contributed by atoms with van der Waals surface area (Å²) in [5, 5.41) is 9.76. The highest BCUT2D eigenvalue weighted by Gasteiger charge is 2.27. The Morgan fingerprint density at radius 3 is 1.85 bits per heavy atom. The van der Waals surface area contributed by atoms with E-state index >= 15 is 0 Å². The number of anilines is 2. The van der Waals surface area contributed by atoms with Crippen molar-refractivity contribution in [1.82, 2.24) is 0 Å². The fourth-order valence-corrected chi connectivity index (χ4v) is 9.74. The Bertz CT molecular complexity index is 3560. The summed E-state index contributed by atoms with van der Waals surface area (Å²) in [6.07, 6.45) is 8.04. The van der Waals surface area contributed by atoms with Crippen LogP contribution in [0.15, 0.2) is 235 Å². The zero-order valence-electron chi connectivity index (χ0n) is 34.1. The standard InChI is InChI=1S/C60H41NO/c1-3-14-40(15-4-1)46-29-34-58(54(36-46)41-16-5-2-6-17-41)61(48-31-26-43(27-32-48)50-23-13-24-52-49-21-10-9-18-42(49)28-33-53(50)52)57-25-12-11-22-51(57)47-30-35-59-55(38-47)56-37-44-19-7-8-20-45(44)39-60(56)62-59/h1-31,33-39,48H,32H2. The third-order valence-corrected chi connectivity index (χ3v) is 12.8. The molecule has 10 aromatic carbocycles. The summed E-state index contributed by atoms with van der Waals surface area (Å²) in [5.74, 6) is 0. The number of benzene rings is 10. The van der Waals surface area contributed by atoms with Crippen molar-refractivity contribution in [2.45, 2.75) is 12.5 Å². The molecule has 2 heteroatoms. The van der Waals surface area contributed by atoms with Crippen LogP contribution in [0.5, 0.6) is 0 Å². The summed E-state index contributed by atoms with van der Waals surface area (Å²) >= 11 is 0. The first-order chi connectivity index (χ1) is 30.7. The highest BCUT2D eigenvalue weighted by Crippen LogP contribution is 2.46. The Morgan fingerprint density at radius 1 is 0.371 bits per heavy atom. The minimum Gasteiger partial charge on any atom is -0.456 e. The van der Waals surface area contributed by atoms with Gasteiger partial charge in [-0.2, -0.15) is 0 Å². The van der Waals surface area contributed by atoms with E-state index in [0.717, 1.165) is 45.3 Å². The monoisotopic (exact) mass is 791 g/mol. The normalized spacial score (nSPS) is 13.9. The number of nitrogens with zero attached hydrogens (tertiary/aromatic N) is 1. The van der Waals surface area contributed by atoms with Crippen LogP contribution in [0.4, 0.5) is 11.4 Å². The predicted octanol–water partition coefficient (Wildman–Crippen LogP) is 16.6. The molecule has 12 rings (SSSR count). The molecule has 1 heterocycles. The van der Waals surface area contributed by atoms with Gasteiger partial charge in [-0.1, -0.05) is 188 Å². The third kappa shape index (κ3) is 6.19. The van der Waals surface area contributed by atoms with Crippen LogP contribution < -0.4 is 4.90 Å². The van der Waals surface area contributed by atoms with Crippen LogP contribution in [0.25, 0.3) is 93.2 Å². The van der Waals surface area contributed by atoms with E-state index < -0.39 is 0 Å². The van der Waals surface area contributed by atoms with Crippen LogP contribution in [0.1, 0.15) is 12.0 Å². The van der Waals surface area contributed by atoms with Gasteiger partial charge in [0.05, 0.1) is 6.04 Å². The number of furan rings is 1. The van der Waals surface area contributed by atoms with Crippen LogP contribution in [0.2, 0.25) is 0 Å². The van der Waals surface area contributed by atoms with Gasteiger partial charge in [0.25, 0.3) is 0 Å². The average molecular weight is 792 g/mol. The van der Waals surface area contributed by atoms with Gasteiger partial charge in [-0.15, -0.1) is 0 Å². The fourth-order valence-electron chi connectivity index (χ4n) is 9.74.